The van der Waals surface area contributed by atoms with Gasteiger partial charge in [-0.3, -0.25) is 4.99 Å². The van der Waals surface area contributed by atoms with Gasteiger partial charge in [-0.2, -0.15) is 11.8 Å². The molecule has 2 rings (SSSR count). The van der Waals surface area contributed by atoms with Gasteiger partial charge < -0.3 is 19.7 Å². The van der Waals surface area contributed by atoms with Crippen molar-refractivity contribution in [1.29, 1.82) is 0 Å². The van der Waals surface area contributed by atoms with E-state index in [1.54, 1.807) is 14.2 Å². The van der Waals surface area contributed by atoms with Crippen LogP contribution in [0.5, 0.6) is 11.5 Å². The van der Waals surface area contributed by atoms with E-state index in [-0.39, 0.29) is 24.0 Å². The third-order valence-corrected chi connectivity index (χ3v) is 4.73. The molecule has 5 nitrogen and oxygen atoms in total. The predicted molar refractivity (Wildman–Crippen MR) is 113 cm³/mol. The minimum absolute atomic E-state index is 0. The molecule has 136 valence electrons. The van der Waals surface area contributed by atoms with E-state index in [2.05, 4.69) is 33.6 Å². The van der Waals surface area contributed by atoms with Crippen LogP contribution in [0.4, 0.5) is 0 Å². The van der Waals surface area contributed by atoms with Gasteiger partial charge in [-0.05, 0) is 48.1 Å². The van der Waals surface area contributed by atoms with Crippen LogP contribution in [0, 0.1) is 0 Å². The molecule has 0 aliphatic carbocycles. The van der Waals surface area contributed by atoms with E-state index in [1.165, 1.54) is 16.9 Å². The zero-order valence-corrected chi connectivity index (χ0v) is 18.1. The van der Waals surface area contributed by atoms with Crippen LogP contribution in [0.1, 0.15) is 17.5 Å². The van der Waals surface area contributed by atoms with E-state index < -0.39 is 0 Å². The van der Waals surface area contributed by atoms with E-state index in [9.17, 15) is 0 Å². The Hall–Kier alpha value is -0.830. The van der Waals surface area contributed by atoms with Crippen molar-refractivity contribution in [2.75, 3.05) is 46.4 Å². The summed E-state index contributed by atoms with van der Waals surface area (Å²) in [6.07, 6.45) is 4.27. The van der Waals surface area contributed by atoms with Crippen LogP contribution in [0.3, 0.4) is 0 Å². The summed E-state index contributed by atoms with van der Waals surface area (Å²) in [5.74, 6) is 3.74. The molecule has 1 aliphatic heterocycles. The Kier molecular flexibility index (Phi) is 9.65. The number of aliphatic imine (C=N–C) groups is 1. The first-order valence-corrected chi connectivity index (χ1v) is 9.31. The number of ether oxygens (including phenoxy) is 2. The summed E-state index contributed by atoms with van der Waals surface area (Å²) >= 11 is 1.88. The molecule has 0 saturated carbocycles. The molecular formula is C17H28IN3O2S. The first-order valence-electron chi connectivity index (χ1n) is 7.91. The molecule has 0 fully saturated rings. The third-order valence-electron chi connectivity index (χ3n) is 4.04. The van der Waals surface area contributed by atoms with E-state index in [1.807, 2.05) is 18.8 Å². The topological polar surface area (TPSA) is 46.1 Å². The summed E-state index contributed by atoms with van der Waals surface area (Å²) in [5.41, 5.74) is 2.61. The maximum atomic E-state index is 5.42. The van der Waals surface area contributed by atoms with Crippen molar-refractivity contribution in [3.05, 3.63) is 23.3 Å². The minimum atomic E-state index is 0. The zero-order chi connectivity index (χ0) is 16.7. The van der Waals surface area contributed by atoms with Gasteiger partial charge in [0.2, 0.25) is 0 Å². The summed E-state index contributed by atoms with van der Waals surface area (Å²) in [4.78, 5) is 6.73. The van der Waals surface area contributed by atoms with Crippen molar-refractivity contribution in [2.45, 2.75) is 19.4 Å². The molecule has 0 atom stereocenters. The minimum Gasteiger partial charge on any atom is -0.493 e. The number of hydrogen-bond donors (Lipinski definition) is 1. The van der Waals surface area contributed by atoms with Crippen LogP contribution >= 0.6 is 35.7 Å². The number of benzene rings is 1. The van der Waals surface area contributed by atoms with E-state index >= 15 is 0 Å². The zero-order valence-electron chi connectivity index (χ0n) is 14.9. The molecule has 0 unspecified atom stereocenters. The first-order chi connectivity index (χ1) is 11.2. The number of nitrogens with one attached hydrogen (secondary N) is 1. The van der Waals surface area contributed by atoms with E-state index in [0.717, 1.165) is 49.9 Å². The fourth-order valence-corrected chi connectivity index (χ4v) is 3.25. The normalized spacial score (nSPS) is 13.8. The Morgan fingerprint density at radius 2 is 1.92 bits per heavy atom. The average molecular weight is 465 g/mol. The van der Waals surface area contributed by atoms with Crippen molar-refractivity contribution in [2.24, 2.45) is 4.99 Å². The highest BCUT2D eigenvalue weighted by atomic mass is 127. The van der Waals surface area contributed by atoms with Crippen LogP contribution < -0.4 is 14.8 Å². The van der Waals surface area contributed by atoms with Gasteiger partial charge >= 0.3 is 0 Å². The number of fused-ring (bicyclic) bond motifs is 1. The lowest BCUT2D eigenvalue weighted by Gasteiger charge is -2.32. The molecule has 7 heteroatoms. The molecule has 1 aliphatic rings. The molecule has 0 amide bonds. The molecular weight excluding hydrogens is 437 g/mol. The largest absolute Gasteiger partial charge is 0.493 e. The maximum absolute atomic E-state index is 5.42. The molecule has 0 radical (unpaired) electrons. The number of guanidine groups is 1. The number of nitrogens with zero attached hydrogens (tertiary/aromatic N) is 2. The first kappa shape index (κ1) is 21.2. The van der Waals surface area contributed by atoms with Crippen LogP contribution in [-0.2, 0) is 13.0 Å². The Balaban J connectivity index is 0.00000288. The van der Waals surface area contributed by atoms with Crippen molar-refractivity contribution < 1.29 is 9.47 Å². The van der Waals surface area contributed by atoms with Gasteiger partial charge in [0.05, 0.1) is 14.2 Å². The van der Waals surface area contributed by atoms with Gasteiger partial charge in [0.25, 0.3) is 0 Å². The summed E-state index contributed by atoms with van der Waals surface area (Å²) in [6.45, 7) is 2.77. The standard InChI is InChI=1S/C17H27N3O2S.HI/c1-18-17(19-7-5-9-23-4)20-8-6-13-10-15(21-2)16(22-3)11-14(13)12-20;/h10-11H,5-9,12H2,1-4H3,(H,18,19);1H. The van der Waals surface area contributed by atoms with Gasteiger partial charge in [0.15, 0.2) is 17.5 Å². The number of thioether (sulfide) groups is 1. The van der Waals surface area contributed by atoms with E-state index in [0.29, 0.717) is 0 Å². The quantitative estimate of drug-likeness (QED) is 0.303. The van der Waals surface area contributed by atoms with Crippen LogP contribution in [0.2, 0.25) is 0 Å². The van der Waals surface area contributed by atoms with Gasteiger partial charge in [0.1, 0.15) is 0 Å². The second-order valence-electron chi connectivity index (χ2n) is 5.47. The van der Waals surface area contributed by atoms with Gasteiger partial charge in [-0.25, -0.2) is 0 Å². The number of halogens is 1. The van der Waals surface area contributed by atoms with Crippen LogP contribution in [0.25, 0.3) is 0 Å². The second-order valence-corrected chi connectivity index (χ2v) is 6.45. The summed E-state index contributed by atoms with van der Waals surface area (Å²) in [6, 6.07) is 4.18. The van der Waals surface area contributed by atoms with Gasteiger partial charge in [0, 0.05) is 26.7 Å². The smallest absolute Gasteiger partial charge is 0.193 e. The number of methoxy groups -OCH3 is 2. The van der Waals surface area contributed by atoms with Crippen molar-refractivity contribution in [3.63, 3.8) is 0 Å². The van der Waals surface area contributed by atoms with Gasteiger partial charge in [-0.1, -0.05) is 0 Å². The maximum Gasteiger partial charge on any atom is 0.193 e. The Bertz CT molecular complexity index is 555. The van der Waals surface area contributed by atoms with Gasteiger partial charge in [-0.15, -0.1) is 24.0 Å². The van der Waals surface area contributed by atoms with Crippen LogP contribution in [0.15, 0.2) is 17.1 Å². The second kappa shape index (κ2) is 10.9. The molecule has 24 heavy (non-hydrogen) atoms. The van der Waals surface area contributed by atoms with Crippen molar-refractivity contribution in [3.8, 4) is 11.5 Å². The number of rotatable bonds is 6. The lowest BCUT2D eigenvalue weighted by molar-refractivity contribution is 0.346. The van der Waals surface area contributed by atoms with E-state index in [4.69, 9.17) is 9.47 Å². The molecule has 1 aromatic carbocycles. The number of hydrogen-bond acceptors (Lipinski definition) is 4. The highest BCUT2D eigenvalue weighted by Gasteiger charge is 2.21. The van der Waals surface area contributed by atoms with Crippen LogP contribution in [-0.4, -0.2) is 57.2 Å². The Morgan fingerprint density at radius 3 is 2.50 bits per heavy atom. The summed E-state index contributed by atoms with van der Waals surface area (Å²) in [5, 5.41) is 3.46. The summed E-state index contributed by atoms with van der Waals surface area (Å²) in [7, 11) is 5.21. The van der Waals surface area contributed by atoms with Crippen molar-refractivity contribution >= 4 is 41.7 Å². The molecule has 1 heterocycles. The third kappa shape index (κ3) is 5.34. The fourth-order valence-electron chi connectivity index (χ4n) is 2.81. The Morgan fingerprint density at radius 1 is 1.25 bits per heavy atom. The molecule has 1 aromatic rings. The lowest BCUT2D eigenvalue weighted by atomic mass is 9.99. The lowest BCUT2D eigenvalue weighted by Crippen LogP contribution is -2.44. The molecule has 0 bridgehead atoms. The fraction of sp³-hybridized carbons (Fsp3) is 0.588. The highest BCUT2D eigenvalue weighted by Crippen LogP contribution is 2.33. The molecule has 1 N–H and O–H groups in total. The van der Waals surface area contributed by atoms with Crippen molar-refractivity contribution in [1.82, 2.24) is 10.2 Å². The predicted octanol–water partition coefficient (Wildman–Crippen LogP) is 3.01. The Labute approximate surface area is 166 Å². The molecule has 0 spiro atoms. The SMILES string of the molecule is CN=C(NCCCSC)N1CCc2cc(OC)c(OC)cc2C1.I. The average Bonchev–Trinajstić information content (AvgIpc) is 2.60. The highest BCUT2D eigenvalue weighted by molar-refractivity contribution is 14.0. The monoisotopic (exact) mass is 465 g/mol. The summed E-state index contributed by atoms with van der Waals surface area (Å²) < 4.78 is 10.8. The molecule has 0 aromatic heterocycles. The molecule has 0 saturated heterocycles.